The molecule has 1 aliphatic rings. The fourth-order valence-electron chi connectivity index (χ4n) is 2.53. The van der Waals surface area contributed by atoms with Crippen molar-refractivity contribution in [2.75, 3.05) is 5.73 Å². The number of piperidine rings is 1. The van der Waals surface area contributed by atoms with Crippen LogP contribution >= 0.6 is 11.6 Å². The Labute approximate surface area is 118 Å². The number of nitrogens with zero attached hydrogens (tertiary/aromatic N) is 1. The van der Waals surface area contributed by atoms with Gasteiger partial charge < -0.3 is 5.73 Å². The lowest BCUT2D eigenvalue weighted by molar-refractivity contribution is 0.0370. The van der Waals surface area contributed by atoms with Crippen molar-refractivity contribution in [2.24, 2.45) is 0 Å². The van der Waals surface area contributed by atoms with Gasteiger partial charge >= 0.3 is 0 Å². The normalized spacial score (nSPS) is 24.2. The highest BCUT2D eigenvalue weighted by molar-refractivity contribution is 6.34. The largest absolute Gasteiger partial charge is 0.399 e. The zero-order valence-electron chi connectivity index (χ0n) is 11.3. The van der Waals surface area contributed by atoms with Crippen LogP contribution in [0.5, 0.6) is 0 Å². The van der Waals surface area contributed by atoms with Crippen LogP contribution in [-0.4, -0.2) is 23.0 Å². The average Bonchev–Trinajstić information content (AvgIpc) is 2.33. The molecule has 5 heteroatoms. The molecule has 1 amide bonds. The van der Waals surface area contributed by atoms with Crippen molar-refractivity contribution >= 4 is 23.2 Å². The first kappa shape index (κ1) is 14.2. The Morgan fingerprint density at radius 2 is 2.00 bits per heavy atom. The average molecular weight is 282 g/mol. The molecule has 0 aliphatic carbocycles. The standard InChI is InChI=1S/C14H20ClN3O/c1-9-4-3-5-10(2)18(9)17-14(19)12-7-6-11(16)8-13(12)15/h6-10H,3-5,16H2,1-2H3,(H,17,19). The molecule has 1 aromatic rings. The van der Waals surface area contributed by atoms with Crippen LogP contribution in [0.1, 0.15) is 43.5 Å². The van der Waals surface area contributed by atoms with Crippen LogP contribution in [0, 0.1) is 0 Å². The Balaban J connectivity index is 2.11. The van der Waals surface area contributed by atoms with Crippen LogP contribution in [0.25, 0.3) is 0 Å². The molecule has 2 rings (SSSR count). The van der Waals surface area contributed by atoms with Gasteiger partial charge in [0.25, 0.3) is 5.91 Å². The lowest BCUT2D eigenvalue weighted by Crippen LogP contribution is -2.54. The van der Waals surface area contributed by atoms with E-state index in [0.29, 0.717) is 28.4 Å². The van der Waals surface area contributed by atoms with E-state index in [4.69, 9.17) is 17.3 Å². The summed E-state index contributed by atoms with van der Waals surface area (Å²) in [6.45, 7) is 4.25. The van der Waals surface area contributed by atoms with Crippen LogP contribution in [-0.2, 0) is 0 Å². The maximum atomic E-state index is 12.3. The van der Waals surface area contributed by atoms with Crippen LogP contribution in [0.2, 0.25) is 5.02 Å². The lowest BCUT2D eigenvalue weighted by Gasteiger charge is -2.38. The molecule has 0 saturated carbocycles. The maximum absolute atomic E-state index is 12.3. The predicted molar refractivity (Wildman–Crippen MR) is 77.9 cm³/mol. The molecule has 104 valence electrons. The van der Waals surface area contributed by atoms with Gasteiger partial charge in [0.05, 0.1) is 10.6 Å². The fourth-order valence-corrected chi connectivity index (χ4v) is 2.81. The number of hydrazine groups is 1. The second-order valence-corrected chi connectivity index (χ2v) is 5.62. The predicted octanol–water partition coefficient (Wildman–Crippen LogP) is 2.83. The van der Waals surface area contributed by atoms with Crippen molar-refractivity contribution in [2.45, 2.75) is 45.2 Å². The Hall–Kier alpha value is -1.26. The molecular weight excluding hydrogens is 262 g/mol. The van der Waals surface area contributed by atoms with E-state index in [1.54, 1.807) is 18.2 Å². The third-order valence-corrected chi connectivity index (χ3v) is 3.97. The zero-order valence-corrected chi connectivity index (χ0v) is 12.1. The van der Waals surface area contributed by atoms with Crippen molar-refractivity contribution in [3.63, 3.8) is 0 Å². The highest BCUT2D eigenvalue weighted by Crippen LogP contribution is 2.22. The molecule has 0 aromatic heterocycles. The summed E-state index contributed by atoms with van der Waals surface area (Å²) in [7, 11) is 0. The summed E-state index contributed by atoms with van der Waals surface area (Å²) < 4.78 is 0. The van der Waals surface area contributed by atoms with Crippen LogP contribution in [0.4, 0.5) is 5.69 Å². The van der Waals surface area contributed by atoms with Gasteiger partial charge in [-0.25, -0.2) is 5.01 Å². The van der Waals surface area contributed by atoms with Gasteiger partial charge in [-0.15, -0.1) is 0 Å². The molecule has 19 heavy (non-hydrogen) atoms. The van der Waals surface area contributed by atoms with E-state index in [1.165, 1.54) is 6.42 Å². The SMILES string of the molecule is CC1CCCC(C)N1NC(=O)c1ccc(N)cc1Cl. The van der Waals surface area contributed by atoms with Crippen LogP contribution < -0.4 is 11.2 Å². The minimum absolute atomic E-state index is 0.175. The number of rotatable bonds is 2. The van der Waals surface area contributed by atoms with E-state index < -0.39 is 0 Å². The molecule has 1 fully saturated rings. The van der Waals surface area contributed by atoms with Gasteiger partial charge in [0.2, 0.25) is 0 Å². The number of carbonyl (C=O) groups is 1. The van der Waals surface area contributed by atoms with Crippen molar-refractivity contribution in [1.82, 2.24) is 10.4 Å². The maximum Gasteiger partial charge on any atom is 0.267 e. The second kappa shape index (κ2) is 5.80. The Morgan fingerprint density at radius 1 is 1.37 bits per heavy atom. The second-order valence-electron chi connectivity index (χ2n) is 5.22. The molecule has 0 bridgehead atoms. The van der Waals surface area contributed by atoms with Gasteiger partial charge in [-0.3, -0.25) is 10.2 Å². The van der Waals surface area contributed by atoms with Gasteiger partial charge in [-0.2, -0.15) is 0 Å². The number of anilines is 1. The van der Waals surface area contributed by atoms with Crippen molar-refractivity contribution < 1.29 is 4.79 Å². The van der Waals surface area contributed by atoms with Crippen molar-refractivity contribution in [3.8, 4) is 0 Å². The van der Waals surface area contributed by atoms with Gasteiger partial charge in [-0.1, -0.05) is 18.0 Å². The van der Waals surface area contributed by atoms with Crippen LogP contribution in [0.3, 0.4) is 0 Å². The zero-order chi connectivity index (χ0) is 14.0. The summed E-state index contributed by atoms with van der Waals surface area (Å²) in [4.78, 5) is 12.3. The summed E-state index contributed by atoms with van der Waals surface area (Å²) in [5.41, 5.74) is 9.61. The van der Waals surface area contributed by atoms with E-state index >= 15 is 0 Å². The first-order chi connectivity index (χ1) is 8.99. The van der Waals surface area contributed by atoms with E-state index in [-0.39, 0.29) is 5.91 Å². The van der Waals surface area contributed by atoms with E-state index in [9.17, 15) is 4.79 Å². The molecular formula is C14H20ClN3O. The Morgan fingerprint density at radius 3 is 2.58 bits per heavy atom. The molecule has 1 saturated heterocycles. The number of hydrogen-bond donors (Lipinski definition) is 2. The number of nitrogens with one attached hydrogen (secondary N) is 1. The van der Waals surface area contributed by atoms with Gasteiger partial charge in [0.1, 0.15) is 0 Å². The topological polar surface area (TPSA) is 58.4 Å². The molecule has 3 N–H and O–H groups in total. The number of nitrogens with two attached hydrogens (primary N) is 1. The third kappa shape index (κ3) is 3.19. The summed E-state index contributed by atoms with van der Waals surface area (Å²) in [6, 6.07) is 5.64. The number of nitrogen functional groups attached to an aromatic ring is 1. The Bertz CT molecular complexity index is 468. The number of amides is 1. The minimum Gasteiger partial charge on any atom is -0.399 e. The highest BCUT2D eigenvalue weighted by atomic mass is 35.5. The fraction of sp³-hybridized carbons (Fsp3) is 0.500. The van der Waals surface area contributed by atoms with Crippen LogP contribution in [0.15, 0.2) is 18.2 Å². The van der Waals surface area contributed by atoms with Gasteiger partial charge in [-0.05, 0) is 44.9 Å². The van der Waals surface area contributed by atoms with Gasteiger partial charge in [0, 0.05) is 17.8 Å². The molecule has 0 radical (unpaired) electrons. The quantitative estimate of drug-likeness (QED) is 0.820. The molecule has 2 unspecified atom stereocenters. The lowest BCUT2D eigenvalue weighted by atomic mass is 10.00. The summed E-state index contributed by atoms with van der Waals surface area (Å²) in [6.07, 6.45) is 3.40. The number of carbonyl (C=O) groups excluding carboxylic acids is 1. The third-order valence-electron chi connectivity index (χ3n) is 3.66. The first-order valence-electron chi connectivity index (χ1n) is 6.63. The molecule has 1 aromatic carbocycles. The first-order valence-corrected chi connectivity index (χ1v) is 7.01. The van der Waals surface area contributed by atoms with E-state index in [2.05, 4.69) is 19.3 Å². The molecule has 1 aliphatic heterocycles. The smallest absolute Gasteiger partial charge is 0.267 e. The van der Waals surface area contributed by atoms with Gasteiger partial charge in [0.15, 0.2) is 0 Å². The van der Waals surface area contributed by atoms with Crippen molar-refractivity contribution in [3.05, 3.63) is 28.8 Å². The van der Waals surface area contributed by atoms with Crippen molar-refractivity contribution in [1.29, 1.82) is 0 Å². The molecule has 1 heterocycles. The molecule has 0 spiro atoms. The van der Waals surface area contributed by atoms with E-state index in [1.807, 2.05) is 5.01 Å². The molecule has 2 atom stereocenters. The summed E-state index contributed by atoms with van der Waals surface area (Å²) >= 11 is 6.06. The molecule has 4 nitrogen and oxygen atoms in total. The summed E-state index contributed by atoms with van der Waals surface area (Å²) in [5.74, 6) is -0.175. The Kier molecular flexibility index (Phi) is 4.32. The highest BCUT2D eigenvalue weighted by Gasteiger charge is 2.26. The minimum atomic E-state index is -0.175. The van der Waals surface area contributed by atoms with E-state index in [0.717, 1.165) is 12.8 Å². The number of hydrogen-bond acceptors (Lipinski definition) is 3. The summed E-state index contributed by atoms with van der Waals surface area (Å²) in [5, 5.41) is 2.41. The number of halogens is 1. The monoisotopic (exact) mass is 281 g/mol. The number of benzene rings is 1.